The summed E-state index contributed by atoms with van der Waals surface area (Å²) in [6.45, 7) is 4.69. The van der Waals surface area contributed by atoms with E-state index in [0.717, 1.165) is 38.3 Å². The normalized spacial score (nSPS) is 15.8. The summed E-state index contributed by atoms with van der Waals surface area (Å²) < 4.78 is 1.67. The summed E-state index contributed by atoms with van der Waals surface area (Å²) in [5, 5.41) is 12.1. The van der Waals surface area contributed by atoms with Crippen molar-refractivity contribution in [1.82, 2.24) is 30.0 Å². The number of tetrazole rings is 1. The summed E-state index contributed by atoms with van der Waals surface area (Å²) >= 11 is 6.05. The van der Waals surface area contributed by atoms with Gasteiger partial charge in [0.2, 0.25) is 5.91 Å². The summed E-state index contributed by atoms with van der Waals surface area (Å²) in [5.41, 5.74) is 2.26. The molecule has 2 heterocycles. The predicted molar refractivity (Wildman–Crippen MR) is 125 cm³/mol. The minimum atomic E-state index is -0.0184. The summed E-state index contributed by atoms with van der Waals surface area (Å²) in [6.07, 6.45) is 6.33. The first-order chi connectivity index (χ1) is 15.7. The molecule has 1 saturated heterocycles. The number of halogens is 1. The number of aromatic nitrogens is 4. The largest absolute Gasteiger partial charge is 0.340 e. The number of piperazine rings is 1. The first kappa shape index (κ1) is 22.2. The van der Waals surface area contributed by atoms with E-state index in [-0.39, 0.29) is 11.8 Å². The molecule has 1 amide bonds. The van der Waals surface area contributed by atoms with Crippen molar-refractivity contribution in [2.45, 2.75) is 18.9 Å². The second kappa shape index (κ2) is 11.0. The van der Waals surface area contributed by atoms with Crippen molar-refractivity contribution in [1.29, 1.82) is 0 Å². The van der Waals surface area contributed by atoms with E-state index in [0.29, 0.717) is 18.0 Å². The average Bonchev–Trinajstić information content (AvgIpc) is 3.33. The highest BCUT2D eigenvalue weighted by Crippen LogP contribution is 2.24. The van der Waals surface area contributed by atoms with E-state index in [1.807, 2.05) is 47.4 Å². The highest BCUT2D eigenvalue weighted by Gasteiger charge is 2.24. The van der Waals surface area contributed by atoms with Crippen molar-refractivity contribution >= 4 is 23.6 Å². The van der Waals surface area contributed by atoms with Gasteiger partial charge in [-0.2, -0.15) is 0 Å². The van der Waals surface area contributed by atoms with Crippen LogP contribution in [-0.2, 0) is 11.3 Å². The Hall–Kier alpha value is -3.03. The van der Waals surface area contributed by atoms with Gasteiger partial charge in [0.1, 0.15) is 6.33 Å². The van der Waals surface area contributed by atoms with Gasteiger partial charge in [-0.25, -0.2) is 4.68 Å². The van der Waals surface area contributed by atoms with Gasteiger partial charge in [0.15, 0.2) is 0 Å². The zero-order valence-corrected chi connectivity index (χ0v) is 18.7. The second-order valence-electron chi connectivity index (χ2n) is 7.98. The Kier molecular flexibility index (Phi) is 7.64. The number of nitrogens with zero attached hydrogens (tertiary/aromatic N) is 6. The Morgan fingerprint density at radius 2 is 1.78 bits per heavy atom. The third kappa shape index (κ3) is 6.24. The van der Waals surface area contributed by atoms with Crippen LogP contribution in [0, 0.1) is 0 Å². The fourth-order valence-corrected chi connectivity index (χ4v) is 4.06. The van der Waals surface area contributed by atoms with Gasteiger partial charge in [-0.15, -0.1) is 5.10 Å². The number of hydrogen-bond donors (Lipinski definition) is 0. The molecule has 0 aliphatic carbocycles. The highest BCUT2D eigenvalue weighted by atomic mass is 35.5. The van der Waals surface area contributed by atoms with Crippen molar-refractivity contribution in [3.05, 3.63) is 83.2 Å². The molecule has 0 bridgehead atoms. The monoisotopic (exact) mass is 450 g/mol. The molecule has 166 valence electrons. The second-order valence-corrected chi connectivity index (χ2v) is 8.42. The number of carbonyl (C=O) groups excluding carboxylic acids is 1. The Labute approximate surface area is 193 Å². The average molecular weight is 451 g/mol. The number of benzene rings is 2. The Morgan fingerprint density at radius 1 is 1.03 bits per heavy atom. The van der Waals surface area contributed by atoms with Crippen molar-refractivity contribution in [2.75, 3.05) is 32.7 Å². The molecule has 32 heavy (non-hydrogen) atoms. The highest BCUT2D eigenvalue weighted by molar-refractivity contribution is 6.30. The van der Waals surface area contributed by atoms with E-state index in [9.17, 15) is 4.79 Å². The summed E-state index contributed by atoms with van der Waals surface area (Å²) in [6, 6.07) is 18.0. The molecule has 0 N–H and O–H groups in total. The molecule has 4 rings (SSSR count). The van der Waals surface area contributed by atoms with Crippen LogP contribution >= 0.6 is 11.6 Å². The lowest BCUT2D eigenvalue weighted by atomic mass is 9.95. The summed E-state index contributed by atoms with van der Waals surface area (Å²) in [4.78, 5) is 17.4. The molecule has 0 saturated carbocycles. The van der Waals surface area contributed by atoms with E-state index in [4.69, 9.17) is 11.6 Å². The molecule has 1 unspecified atom stereocenters. The minimum absolute atomic E-state index is 0.0184. The number of hydrogen-bond acceptors (Lipinski definition) is 5. The maximum absolute atomic E-state index is 13.1. The van der Waals surface area contributed by atoms with Gasteiger partial charge in [0.05, 0.1) is 6.54 Å². The van der Waals surface area contributed by atoms with E-state index in [1.165, 1.54) is 5.56 Å². The van der Waals surface area contributed by atoms with Crippen LogP contribution in [0.3, 0.4) is 0 Å². The minimum Gasteiger partial charge on any atom is -0.340 e. The number of rotatable bonds is 8. The zero-order chi connectivity index (χ0) is 22.2. The fourth-order valence-electron chi connectivity index (χ4n) is 3.93. The molecule has 1 aromatic heterocycles. The van der Waals surface area contributed by atoms with Crippen LogP contribution in [-0.4, -0.2) is 68.6 Å². The van der Waals surface area contributed by atoms with Crippen molar-refractivity contribution in [2.24, 2.45) is 0 Å². The quantitative estimate of drug-likeness (QED) is 0.526. The van der Waals surface area contributed by atoms with Crippen LogP contribution in [0.25, 0.3) is 6.08 Å². The van der Waals surface area contributed by atoms with E-state index < -0.39 is 0 Å². The van der Waals surface area contributed by atoms with Gasteiger partial charge < -0.3 is 4.90 Å². The molecule has 7 nitrogen and oxygen atoms in total. The van der Waals surface area contributed by atoms with Crippen LogP contribution in [0.2, 0.25) is 5.02 Å². The molecule has 1 fully saturated rings. The Morgan fingerprint density at radius 3 is 2.47 bits per heavy atom. The van der Waals surface area contributed by atoms with Gasteiger partial charge in [0, 0.05) is 50.1 Å². The van der Waals surface area contributed by atoms with Crippen LogP contribution in [0.4, 0.5) is 0 Å². The van der Waals surface area contributed by atoms with Gasteiger partial charge in [0.25, 0.3) is 0 Å². The van der Waals surface area contributed by atoms with Crippen LogP contribution < -0.4 is 0 Å². The van der Waals surface area contributed by atoms with Crippen molar-refractivity contribution in [3.8, 4) is 0 Å². The van der Waals surface area contributed by atoms with Crippen LogP contribution in [0.15, 0.2) is 67.0 Å². The smallest absolute Gasteiger partial charge is 0.223 e. The third-order valence-corrected chi connectivity index (χ3v) is 6.01. The van der Waals surface area contributed by atoms with Crippen molar-refractivity contribution in [3.63, 3.8) is 0 Å². The van der Waals surface area contributed by atoms with Gasteiger partial charge >= 0.3 is 0 Å². The Balaban J connectivity index is 1.31. The molecule has 1 aliphatic rings. The molecule has 1 aliphatic heterocycles. The van der Waals surface area contributed by atoms with Crippen LogP contribution in [0.5, 0.6) is 0 Å². The lowest BCUT2D eigenvalue weighted by molar-refractivity contribution is -0.133. The maximum atomic E-state index is 13.1. The summed E-state index contributed by atoms with van der Waals surface area (Å²) in [5.74, 6) is 0.146. The molecular weight excluding hydrogens is 424 g/mol. The fraction of sp³-hybridized carbons (Fsp3) is 0.333. The predicted octanol–water partition coefficient (Wildman–Crippen LogP) is 3.36. The maximum Gasteiger partial charge on any atom is 0.223 e. The lowest BCUT2D eigenvalue weighted by Gasteiger charge is -2.35. The standard InChI is InChI=1S/C24H27ClN6O/c25-23-10-8-21(9-11-23)22(18-31-19-26-27-28-31)17-24(32)30-15-13-29(14-16-30)12-4-7-20-5-2-1-3-6-20/h1-11,19,22H,12-18H2/b7-4+. The third-order valence-electron chi connectivity index (χ3n) is 5.76. The molecule has 8 heteroatoms. The van der Waals surface area contributed by atoms with Gasteiger partial charge in [-0.3, -0.25) is 9.69 Å². The first-order valence-electron chi connectivity index (χ1n) is 10.9. The topological polar surface area (TPSA) is 67.2 Å². The molecular formula is C24H27ClN6O. The number of amides is 1. The molecule has 3 aromatic rings. The van der Waals surface area contributed by atoms with E-state index in [1.54, 1.807) is 11.0 Å². The van der Waals surface area contributed by atoms with Crippen LogP contribution in [0.1, 0.15) is 23.5 Å². The lowest BCUT2D eigenvalue weighted by Crippen LogP contribution is -2.48. The first-order valence-corrected chi connectivity index (χ1v) is 11.2. The summed E-state index contributed by atoms with van der Waals surface area (Å²) in [7, 11) is 0. The molecule has 1 atom stereocenters. The number of carbonyl (C=O) groups is 1. The molecule has 2 aromatic carbocycles. The van der Waals surface area contributed by atoms with E-state index >= 15 is 0 Å². The van der Waals surface area contributed by atoms with Crippen molar-refractivity contribution < 1.29 is 4.79 Å². The van der Waals surface area contributed by atoms with Gasteiger partial charge in [-0.05, 0) is 33.7 Å². The Bertz CT molecular complexity index is 999. The SMILES string of the molecule is O=C(CC(Cn1cnnn1)c1ccc(Cl)cc1)N1CCN(C/C=C/c2ccccc2)CC1. The van der Waals surface area contributed by atoms with E-state index in [2.05, 4.69) is 44.7 Å². The molecule has 0 spiro atoms. The zero-order valence-electron chi connectivity index (χ0n) is 17.9. The molecule has 0 radical (unpaired) electrons. The van der Waals surface area contributed by atoms with Gasteiger partial charge in [-0.1, -0.05) is 66.2 Å².